The number of aromatic nitrogens is 2. The molecule has 2 N–H and O–H groups in total. The monoisotopic (exact) mass is 226 g/mol. The summed E-state index contributed by atoms with van der Waals surface area (Å²) < 4.78 is 0. The Labute approximate surface area is 100 Å². The first-order valence-corrected chi connectivity index (χ1v) is 5.70. The Hall–Kier alpha value is -2.10. The van der Waals surface area contributed by atoms with Gasteiger partial charge in [0.05, 0.1) is 0 Å². The lowest BCUT2D eigenvalue weighted by molar-refractivity contribution is 0.932. The fourth-order valence-electron chi connectivity index (χ4n) is 2.24. The summed E-state index contributed by atoms with van der Waals surface area (Å²) in [6.07, 6.45) is 1.04. The fourth-order valence-corrected chi connectivity index (χ4v) is 2.24. The first kappa shape index (κ1) is 10.1. The number of fused-ring (bicyclic) bond motifs is 1. The molecule has 0 atom stereocenters. The van der Waals surface area contributed by atoms with Gasteiger partial charge in [0.25, 0.3) is 0 Å². The van der Waals surface area contributed by atoms with Crippen LogP contribution in [0.25, 0.3) is 0 Å². The van der Waals surface area contributed by atoms with Gasteiger partial charge in [-0.05, 0) is 25.0 Å². The largest absolute Gasteiger partial charge is 0.384 e. The number of hydrogen-bond acceptors (Lipinski definition) is 4. The van der Waals surface area contributed by atoms with Crippen molar-refractivity contribution in [3.05, 3.63) is 41.6 Å². The third-order valence-corrected chi connectivity index (χ3v) is 2.99. The van der Waals surface area contributed by atoms with Crippen LogP contribution in [0.2, 0.25) is 0 Å². The highest BCUT2D eigenvalue weighted by molar-refractivity contribution is 5.66. The van der Waals surface area contributed by atoms with E-state index < -0.39 is 0 Å². The van der Waals surface area contributed by atoms with E-state index in [-0.39, 0.29) is 0 Å². The molecule has 4 heteroatoms. The second-order valence-corrected chi connectivity index (χ2v) is 4.26. The van der Waals surface area contributed by atoms with Crippen LogP contribution in [0, 0.1) is 6.92 Å². The molecule has 0 aliphatic carbocycles. The summed E-state index contributed by atoms with van der Waals surface area (Å²) in [5, 5.41) is 0. The number of rotatable bonds is 1. The van der Waals surface area contributed by atoms with Crippen LogP contribution in [0.15, 0.2) is 30.3 Å². The first-order chi connectivity index (χ1) is 8.24. The summed E-state index contributed by atoms with van der Waals surface area (Å²) in [5.74, 6) is 1.23. The van der Waals surface area contributed by atoms with Crippen LogP contribution in [-0.4, -0.2) is 16.5 Å². The predicted molar refractivity (Wildman–Crippen MR) is 68.3 cm³/mol. The van der Waals surface area contributed by atoms with E-state index in [1.54, 1.807) is 6.07 Å². The van der Waals surface area contributed by atoms with Crippen LogP contribution in [-0.2, 0) is 6.42 Å². The molecule has 0 saturated heterocycles. The number of nitrogen functional groups attached to an aromatic ring is 1. The molecule has 3 rings (SSSR count). The second-order valence-electron chi connectivity index (χ2n) is 4.26. The van der Waals surface area contributed by atoms with Gasteiger partial charge >= 0.3 is 0 Å². The van der Waals surface area contributed by atoms with Gasteiger partial charge in [-0.2, -0.15) is 4.98 Å². The number of nitrogens with zero attached hydrogens (tertiary/aromatic N) is 3. The lowest BCUT2D eigenvalue weighted by Gasteiger charge is -2.17. The molecule has 1 aliphatic rings. The first-order valence-electron chi connectivity index (χ1n) is 5.70. The van der Waals surface area contributed by atoms with E-state index in [2.05, 4.69) is 33.1 Å². The van der Waals surface area contributed by atoms with Gasteiger partial charge in [-0.1, -0.05) is 18.2 Å². The van der Waals surface area contributed by atoms with E-state index in [0.717, 1.165) is 18.7 Å². The molecule has 4 nitrogen and oxygen atoms in total. The zero-order chi connectivity index (χ0) is 11.8. The van der Waals surface area contributed by atoms with Crippen molar-refractivity contribution < 1.29 is 0 Å². The average Bonchev–Trinajstić information content (AvgIpc) is 2.71. The minimum atomic E-state index is 0.525. The van der Waals surface area contributed by atoms with Crippen molar-refractivity contribution in [3.63, 3.8) is 0 Å². The number of nitrogens with two attached hydrogens (primary N) is 1. The lowest BCUT2D eigenvalue weighted by atomic mass is 10.2. The Morgan fingerprint density at radius 2 is 2.06 bits per heavy atom. The van der Waals surface area contributed by atoms with Gasteiger partial charge < -0.3 is 10.6 Å². The maximum atomic E-state index is 5.77. The molecule has 0 saturated carbocycles. The number of anilines is 3. The zero-order valence-corrected chi connectivity index (χ0v) is 9.72. The molecule has 1 aliphatic heterocycles. The highest BCUT2D eigenvalue weighted by Crippen LogP contribution is 2.32. The highest BCUT2D eigenvalue weighted by atomic mass is 15.3. The number of benzene rings is 1. The van der Waals surface area contributed by atoms with Crippen molar-refractivity contribution >= 4 is 17.5 Å². The molecule has 0 amide bonds. The van der Waals surface area contributed by atoms with Crippen LogP contribution in [0.4, 0.5) is 17.5 Å². The van der Waals surface area contributed by atoms with E-state index in [9.17, 15) is 0 Å². The Morgan fingerprint density at radius 1 is 1.24 bits per heavy atom. The van der Waals surface area contributed by atoms with Gasteiger partial charge in [0, 0.05) is 24.0 Å². The van der Waals surface area contributed by atoms with E-state index in [4.69, 9.17) is 5.73 Å². The quantitative estimate of drug-likeness (QED) is 0.808. The molecule has 86 valence electrons. The summed E-state index contributed by atoms with van der Waals surface area (Å²) in [6, 6.07) is 10.1. The lowest BCUT2D eigenvalue weighted by Crippen LogP contribution is -2.17. The molecule has 2 aromatic rings. The SMILES string of the molecule is Cc1cc(N)nc(N2CCc3ccccc32)n1. The summed E-state index contributed by atoms with van der Waals surface area (Å²) in [4.78, 5) is 10.9. The molecule has 0 radical (unpaired) electrons. The maximum absolute atomic E-state index is 5.77. The fraction of sp³-hybridized carbons (Fsp3) is 0.231. The maximum Gasteiger partial charge on any atom is 0.232 e. The molecule has 0 unspecified atom stereocenters. The van der Waals surface area contributed by atoms with E-state index >= 15 is 0 Å². The third-order valence-electron chi connectivity index (χ3n) is 2.99. The van der Waals surface area contributed by atoms with E-state index in [1.165, 1.54) is 11.3 Å². The summed E-state index contributed by atoms with van der Waals surface area (Å²) in [7, 11) is 0. The van der Waals surface area contributed by atoms with Crippen molar-refractivity contribution in [2.45, 2.75) is 13.3 Å². The van der Waals surface area contributed by atoms with Crippen LogP contribution in [0.5, 0.6) is 0 Å². The van der Waals surface area contributed by atoms with Crippen LogP contribution < -0.4 is 10.6 Å². The Bertz CT molecular complexity index is 545. The van der Waals surface area contributed by atoms with Crippen molar-refractivity contribution in [3.8, 4) is 0 Å². The van der Waals surface area contributed by atoms with Crippen molar-refractivity contribution in [1.29, 1.82) is 0 Å². The molecule has 2 heterocycles. The molecule has 1 aromatic heterocycles. The highest BCUT2D eigenvalue weighted by Gasteiger charge is 2.21. The van der Waals surface area contributed by atoms with Gasteiger partial charge in [-0.3, -0.25) is 0 Å². The summed E-state index contributed by atoms with van der Waals surface area (Å²) in [5.41, 5.74) is 9.20. The zero-order valence-electron chi connectivity index (χ0n) is 9.72. The number of hydrogen-bond donors (Lipinski definition) is 1. The average molecular weight is 226 g/mol. The van der Waals surface area contributed by atoms with Crippen LogP contribution in [0.1, 0.15) is 11.3 Å². The van der Waals surface area contributed by atoms with Gasteiger partial charge in [-0.25, -0.2) is 4.98 Å². The second kappa shape index (κ2) is 3.73. The molecule has 0 spiro atoms. The standard InChI is InChI=1S/C13H14N4/c1-9-8-12(14)16-13(15-9)17-7-6-10-4-2-3-5-11(10)17/h2-5,8H,6-7H2,1H3,(H2,14,15,16). The topological polar surface area (TPSA) is 55.0 Å². The molecule has 0 bridgehead atoms. The summed E-state index contributed by atoms with van der Waals surface area (Å²) >= 11 is 0. The molecular weight excluding hydrogens is 212 g/mol. The minimum absolute atomic E-state index is 0.525. The molecule has 0 fully saturated rings. The Kier molecular flexibility index (Phi) is 2.21. The van der Waals surface area contributed by atoms with Crippen LogP contribution >= 0.6 is 0 Å². The smallest absolute Gasteiger partial charge is 0.232 e. The van der Waals surface area contributed by atoms with Crippen molar-refractivity contribution in [1.82, 2.24) is 9.97 Å². The minimum Gasteiger partial charge on any atom is -0.384 e. The van der Waals surface area contributed by atoms with Crippen molar-refractivity contribution in [2.75, 3.05) is 17.2 Å². The van der Waals surface area contributed by atoms with E-state index in [1.807, 2.05) is 13.0 Å². The molecular formula is C13H14N4. The van der Waals surface area contributed by atoms with E-state index in [0.29, 0.717) is 11.8 Å². The molecule has 1 aromatic carbocycles. The normalized spacial score (nSPS) is 13.8. The predicted octanol–water partition coefficient (Wildman–Crippen LogP) is 2.06. The van der Waals surface area contributed by atoms with Gasteiger partial charge in [0.2, 0.25) is 5.95 Å². The third kappa shape index (κ3) is 1.71. The molecule has 17 heavy (non-hydrogen) atoms. The van der Waals surface area contributed by atoms with Crippen molar-refractivity contribution in [2.24, 2.45) is 0 Å². The summed E-state index contributed by atoms with van der Waals surface area (Å²) in [6.45, 7) is 2.85. The number of para-hydroxylation sites is 1. The Morgan fingerprint density at radius 3 is 2.88 bits per heavy atom. The number of aryl methyl sites for hydroxylation is 1. The van der Waals surface area contributed by atoms with Gasteiger partial charge in [0.1, 0.15) is 5.82 Å². The Balaban J connectivity index is 2.06. The van der Waals surface area contributed by atoms with Crippen LogP contribution in [0.3, 0.4) is 0 Å². The van der Waals surface area contributed by atoms with Gasteiger partial charge in [0.15, 0.2) is 0 Å². The van der Waals surface area contributed by atoms with Gasteiger partial charge in [-0.15, -0.1) is 0 Å².